The molecule has 0 spiro atoms. The summed E-state index contributed by atoms with van der Waals surface area (Å²) < 4.78 is 5.06. The van der Waals surface area contributed by atoms with E-state index in [0.29, 0.717) is 25.1 Å². The molecule has 0 saturated heterocycles. The van der Waals surface area contributed by atoms with Crippen molar-refractivity contribution in [3.8, 4) is 0 Å². The first kappa shape index (κ1) is 16.4. The summed E-state index contributed by atoms with van der Waals surface area (Å²) in [6.07, 6.45) is 5.85. The van der Waals surface area contributed by atoms with Crippen molar-refractivity contribution in [2.75, 3.05) is 13.2 Å². The van der Waals surface area contributed by atoms with Gasteiger partial charge in [-0.05, 0) is 46.6 Å². The van der Waals surface area contributed by atoms with E-state index in [1.807, 2.05) is 6.92 Å². The molecule has 112 valence electrons. The fraction of sp³-hybridized carbons (Fsp3) is 0.933. The highest BCUT2D eigenvalue weighted by molar-refractivity contribution is 5.80. The molecule has 4 nitrogen and oxygen atoms in total. The lowest BCUT2D eigenvalue weighted by Gasteiger charge is -2.37. The van der Waals surface area contributed by atoms with Crippen molar-refractivity contribution in [1.82, 2.24) is 4.90 Å². The lowest BCUT2D eigenvalue weighted by molar-refractivity contribution is -0.149. The van der Waals surface area contributed by atoms with Gasteiger partial charge in [-0.2, -0.15) is 0 Å². The second-order valence-electron chi connectivity index (χ2n) is 5.96. The van der Waals surface area contributed by atoms with Crippen LogP contribution in [-0.2, 0) is 9.53 Å². The predicted octanol–water partition coefficient (Wildman–Crippen LogP) is 2.31. The maximum atomic E-state index is 11.9. The number of nitrogens with zero attached hydrogens (tertiary/aromatic N) is 1. The number of rotatable bonds is 7. The first-order valence-electron chi connectivity index (χ1n) is 7.64. The van der Waals surface area contributed by atoms with Crippen LogP contribution < -0.4 is 5.73 Å². The van der Waals surface area contributed by atoms with E-state index in [4.69, 9.17) is 10.5 Å². The highest BCUT2D eigenvalue weighted by Crippen LogP contribution is 2.27. The Bertz CT molecular complexity index is 286. The molecule has 2 atom stereocenters. The van der Waals surface area contributed by atoms with Gasteiger partial charge in [-0.15, -0.1) is 0 Å². The molecule has 1 aliphatic rings. The zero-order valence-corrected chi connectivity index (χ0v) is 12.9. The minimum Gasteiger partial charge on any atom is -0.465 e. The molecule has 2 unspecified atom stereocenters. The van der Waals surface area contributed by atoms with Gasteiger partial charge in [-0.25, -0.2) is 0 Å². The Morgan fingerprint density at radius 3 is 2.47 bits per heavy atom. The van der Waals surface area contributed by atoms with Gasteiger partial charge in [-0.1, -0.05) is 19.8 Å². The zero-order chi connectivity index (χ0) is 14.5. The van der Waals surface area contributed by atoms with Crippen LogP contribution in [0.5, 0.6) is 0 Å². The van der Waals surface area contributed by atoms with Gasteiger partial charge in [0.05, 0.1) is 6.61 Å². The molecule has 1 saturated carbocycles. The van der Waals surface area contributed by atoms with Gasteiger partial charge in [0.1, 0.15) is 5.54 Å². The summed E-state index contributed by atoms with van der Waals surface area (Å²) in [5, 5.41) is 0. The van der Waals surface area contributed by atoms with Gasteiger partial charge in [0.2, 0.25) is 0 Å². The molecular formula is C15H30N2O2. The molecule has 19 heavy (non-hydrogen) atoms. The first-order valence-corrected chi connectivity index (χ1v) is 7.64. The average Bonchev–Trinajstić information content (AvgIpc) is 2.83. The average molecular weight is 270 g/mol. The molecule has 0 aromatic rings. The summed E-state index contributed by atoms with van der Waals surface area (Å²) in [7, 11) is 0. The molecule has 0 radical (unpaired) electrons. The molecule has 4 heteroatoms. The maximum Gasteiger partial charge on any atom is 0.325 e. The molecule has 0 aromatic carbocycles. The largest absolute Gasteiger partial charge is 0.465 e. The summed E-state index contributed by atoms with van der Waals surface area (Å²) in [4.78, 5) is 14.4. The highest BCUT2D eigenvalue weighted by atomic mass is 16.5. The molecule has 1 fully saturated rings. The van der Waals surface area contributed by atoms with Gasteiger partial charge < -0.3 is 10.5 Å². The SMILES string of the molecule is CCOC(=O)C(C)(N)CC(C)N(CC)C1CCCC1. The van der Waals surface area contributed by atoms with Gasteiger partial charge in [0.25, 0.3) is 0 Å². The van der Waals surface area contributed by atoms with Gasteiger partial charge >= 0.3 is 5.97 Å². The van der Waals surface area contributed by atoms with Crippen molar-refractivity contribution in [2.45, 2.75) is 77.4 Å². The van der Waals surface area contributed by atoms with Crippen molar-refractivity contribution >= 4 is 5.97 Å². The lowest BCUT2D eigenvalue weighted by Crippen LogP contribution is -2.52. The second-order valence-corrected chi connectivity index (χ2v) is 5.96. The van der Waals surface area contributed by atoms with Crippen LogP contribution in [0.3, 0.4) is 0 Å². The number of hydrogen-bond donors (Lipinski definition) is 1. The topological polar surface area (TPSA) is 55.6 Å². The Balaban J connectivity index is 2.59. The normalized spacial score (nSPS) is 21.4. The standard InChI is InChI=1S/C15H30N2O2/c1-5-17(13-9-7-8-10-13)12(3)11-15(4,16)14(18)19-6-2/h12-13H,5-11,16H2,1-4H3. The lowest BCUT2D eigenvalue weighted by atomic mass is 9.93. The summed E-state index contributed by atoms with van der Waals surface area (Å²) >= 11 is 0. The number of ether oxygens (including phenoxy) is 1. The fourth-order valence-electron chi connectivity index (χ4n) is 3.28. The summed E-state index contributed by atoms with van der Waals surface area (Å²) in [6.45, 7) is 9.36. The van der Waals surface area contributed by atoms with E-state index in [-0.39, 0.29) is 5.97 Å². The van der Waals surface area contributed by atoms with Gasteiger partial charge in [0, 0.05) is 12.1 Å². The van der Waals surface area contributed by atoms with E-state index in [1.165, 1.54) is 25.7 Å². The number of carbonyl (C=O) groups excluding carboxylic acids is 1. The first-order chi connectivity index (χ1) is 8.92. The summed E-state index contributed by atoms with van der Waals surface area (Å²) in [5.74, 6) is -0.288. The number of carbonyl (C=O) groups is 1. The fourth-order valence-corrected chi connectivity index (χ4v) is 3.28. The van der Waals surface area contributed by atoms with Crippen LogP contribution in [0.25, 0.3) is 0 Å². The maximum absolute atomic E-state index is 11.9. The predicted molar refractivity (Wildman–Crippen MR) is 77.9 cm³/mol. The van der Waals surface area contributed by atoms with Crippen molar-refractivity contribution in [1.29, 1.82) is 0 Å². The van der Waals surface area contributed by atoms with Crippen LogP contribution in [0.1, 0.15) is 59.8 Å². The Hall–Kier alpha value is -0.610. The third kappa shape index (κ3) is 4.46. The van der Waals surface area contributed by atoms with Gasteiger partial charge in [0.15, 0.2) is 0 Å². The summed E-state index contributed by atoms with van der Waals surface area (Å²) in [6, 6.07) is 0.977. The third-order valence-corrected chi connectivity index (χ3v) is 4.19. The molecule has 0 heterocycles. The quantitative estimate of drug-likeness (QED) is 0.721. The Kier molecular flexibility index (Phi) is 6.27. The van der Waals surface area contributed by atoms with E-state index in [9.17, 15) is 4.79 Å². The van der Waals surface area contributed by atoms with Crippen LogP contribution in [0.4, 0.5) is 0 Å². The molecule has 2 N–H and O–H groups in total. The molecular weight excluding hydrogens is 240 g/mol. The van der Waals surface area contributed by atoms with Crippen LogP contribution in [0.2, 0.25) is 0 Å². The monoisotopic (exact) mass is 270 g/mol. The molecule has 0 aliphatic heterocycles. The van der Waals surface area contributed by atoms with E-state index >= 15 is 0 Å². The van der Waals surface area contributed by atoms with Crippen molar-refractivity contribution < 1.29 is 9.53 Å². The Labute approximate surface area is 117 Å². The summed E-state index contributed by atoms with van der Waals surface area (Å²) in [5.41, 5.74) is 5.25. The van der Waals surface area contributed by atoms with Crippen LogP contribution in [0, 0.1) is 0 Å². The van der Waals surface area contributed by atoms with Crippen molar-refractivity contribution in [3.05, 3.63) is 0 Å². The zero-order valence-electron chi connectivity index (χ0n) is 12.9. The van der Waals surface area contributed by atoms with Crippen molar-refractivity contribution in [3.63, 3.8) is 0 Å². The highest BCUT2D eigenvalue weighted by Gasteiger charge is 2.35. The molecule has 1 rings (SSSR count). The minimum atomic E-state index is -0.887. The third-order valence-electron chi connectivity index (χ3n) is 4.19. The van der Waals surface area contributed by atoms with E-state index < -0.39 is 5.54 Å². The van der Waals surface area contributed by atoms with Crippen molar-refractivity contribution in [2.24, 2.45) is 5.73 Å². The van der Waals surface area contributed by atoms with Crippen LogP contribution in [-0.4, -0.2) is 41.6 Å². The van der Waals surface area contributed by atoms with Crippen LogP contribution >= 0.6 is 0 Å². The number of hydrogen-bond acceptors (Lipinski definition) is 4. The number of nitrogens with two attached hydrogens (primary N) is 1. The van der Waals surface area contributed by atoms with E-state index in [2.05, 4.69) is 18.7 Å². The Morgan fingerprint density at radius 1 is 1.42 bits per heavy atom. The molecule has 0 amide bonds. The molecule has 0 bridgehead atoms. The van der Waals surface area contributed by atoms with Gasteiger partial charge in [-0.3, -0.25) is 9.69 Å². The van der Waals surface area contributed by atoms with E-state index in [0.717, 1.165) is 6.54 Å². The molecule has 0 aromatic heterocycles. The minimum absolute atomic E-state index is 0.288. The smallest absolute Gasteiger partial charge is 0.325 e. The van der Waals surface area contributed by atoms with Crippen LogP contribution in [0.15, 0.2) is 0 Å². The second kappa shape index (κ2) is 7.25. The van der Waals surface area contributed by atoms with E-state index in [1.54, 1.807) is 6.92 Å². The molecule has 1 aliphatic carbocycles. The number of esters is 1. The Morgan fingerprint density at radius 2 is 2.00 bits per heavy atom.